The largest absolute Gasteiger partial charge is 0.422 e. The van der Waals surface area contributed by atoms with E-state index in [1.807, 2.05) is 6.92 Å². The molecule has 0 saturated carbocycles. The lowest BCUT2D eigenvalue weighted by atomic mass is 10.3. The second-order valence-electron chi connectivity index (χ2n) is 3.26. The SMILES string of the molecule is Cc1ccnc(Oc2cc(F)ccc2N)n1. The van der Waals surface area contributed by atoms with E-state index in [-0.39, 0.29) is 11.8 Å². The third kappa shape index (κ3) is 2.25. The van der Waals surface area contributed by atoms with Gasteiger partial charge in [-0.3, -0.25) is 0 Å². The Hall–Kier alpha value is -2.17. The van der Waals surface area contributed by atoms with Gasteiger partial charge in [0.25, 0.3) is 0 Å². The lowest BCUT2D eigenvalue weighted by molar-refractivity contribution is 0.438. The quantitative estimate of drug-likeness (QED) is 0.787. The minimum Gasteiger partial charge on any atom is -0.422 e. The van der Waals surface area contributed by atoms with Gasteiger partial charge in [-0.05, 0) is 25.1 Å². The molecule has 0 bridgehead atoms. The van der Waals surface area contributed by atoms with Crippen molar-refractivity contribution in [3.05, 3.63) is 42.0 Å². The minimum absolute atomic E-state index is 0.150. The summed E-state index contributed by atoms with van der Waals surface area (Å²) in [7, 11) is 0. The molecule has 0 spiro atoms. The standard InChI is InChI=1S/C11H10FN3O/c1-7-4-5-14-11(15-7)16-10-6-8(12)2-3-9(10)13/h2-6H,13H2,1H3. The summed E-state index contributed by atoms with van der Waals surface area (Å²) < 4.78 is 18.2. The number of ether oxygens (including phenoxy) is 1. The number of benzene rings is 1. The van der Waals surface area contributed by atoms with E-state index < -0.39 is 5.82 Å². The molecule has 2 rings (SSSR count). The number of rotatable bonds is 2. The van der Waals surface area contributed by atoms with Gasteiger partial charge in [-0.25, -0.2) is 14.4 Å². The third-order valence-corrected chi connectivity index (χ3v) is 1.95. The molecule has 4 nitrogen and oxygen atoms in total. The first-order chi connectivity index (χ1) is 7.65. The van der Waals surface area contributed by atoms with Gasteiger partial charge in [0, 0.05) is 18.0 Å². The van der Waals surface area contributed by atoms with Gasteiger partial charge in [0.15, 0.2) is 5.75 Å². The average Bonchev–Trinajstić information content (AvgIpc) is 2.24. The first-order valence-electron chi connectivity index (χ1n) is 4.67. The van der Waals surface area contributed by atoms with Crippen LogP contribution in [0.25, 0.3) is 0 Å². The van der Waals surface area contributed by atoms with Gasteiger partial charge >= 0.3 is 6.01 Å². The fraction of sp³-hybridized carbons (Fsp3) is 0.0909. The Morgan fingerprint density at radius 2 is 2.12 bits per heavy atom. The summed E-state index contributed by atoms with van der Waals surface area (Å²) in [5.41, 5.74) is 6.73. The number of nitrogens with zero attached hydrogens (tertiary/aromatic N) is 2. The summed E-state index contributed by atoms with van der Waals surface area (Å²) in [4.78, 5) is 7.92. The van der Waals surface area contributed by atoms with Crippen LogP contribution in [0, 0.1) is 12.7 Å². The number of hydrogen-bond donors (Lipinski definition) is 1. The third-order valence-electron chi connectivity index (χ3n) is 1.95. The molecule has 1 aromatic heterocycles. The number of nitrogen functional groups attached to an aromatic ring is 1. The van der Waals surface area contributed by atoms with Crippen molar-refractivity contribution in [3.63, 3.8) is 0 Å². The summed E-state index contributed by atoms with van der Waals surface area (Å²) in [5.74, 6) is -0.206. The number of hydrogen-bond acceptors (Lipinski definition) is 4. The molecule has 2 N–H and O–H groups in total. The maximum Gasteiger partial charge on any atom is 0.322 e. The molecule has 2 aromatic rings. The number of aromatic nitrogens is 2. The minimum atomic E-state index is -0.420. The Labute approximate surface area is 91.9 Å². The summed E-state index contributed by atoms with van der Waals surface area (Å²) in [6.07, 6.45) is 1.56. The molecule has 0 aliphatic rings. The zero-order chi connectivity index (χ0) is 11.5. The second-order valence-corrected chi connectivity index (χ2v) is 3.26. The smallest absolute Gasteiger partial charge is 0.322 e. The first kappa shape index (κ1) is 10.4. The predicted molar refractivity (Wildman–Crippen MR) is 57.7 cm³/mol. The van der Waals surface area contributed by atoms with Crippen molar-refractivity contribution < 1.29 is 9.13 Å². The molecule has 82 valence electrons. The maximum atomic E-state index is 13.0. The Morgan fingerprint density at radius 1 is 1.31 bits per heavy atom. The summed E-state index contributed by atoms with van der Waals surface area (Å²) in [6.45, 7) is 1.81. The van der Waals surface area contributed by atoms with Crippen LogP contribution in [0.2, 0.25) is 0 Å². The van der Waals surface area contributed by atoms with Crippen molar-refractivity contribution in [2.24, 2.45) is 0 Å². The predicted octanol–water partition coefficient (Wildman–Crippen LogP) is 2.30. The Balaban J connectivity index is 2.30. The molecule has 0 radical (unpaired) electrons. The van der Waals surface area contributed by atoms with E-state index in [2.05, 4.69) is 9.97 Å². The monoisotopic (exact) mass is 219 g/mol. The van der Waals surface area contributed by atoms with E-state index >= 15 is 0 Å². The summed E-state index contributed by atoms with van der Waals surface area (Å²) in [5, 5.41) is 0. The molecule has 0 aliphatic carbocycles. The molecule has 0 atom stereocenters. The average molecular weight is 219 g/mol. The zero-order valence-electron chi connectivity index (χ0n) is 8.64. The number of aryl methyl sites for hydroxylation is 1. The van der Waals surface area contributed by atoms with Crippen molar-refractivity contribution in [2.45, 2.75) is 6.92 Å². The van der Waals surface area contributed by atoms with E-state index in [0.717, 1.165) is 5.69 Å². The van der Waals surface area contributed by atoms with E-state index in [0.29, 0.717) is 5.69 Å². The Bertz CT molecular complexity index is 516. The lowest BCUT2D eigenvalue weighted by Gasteiger charge is -2.06. The second kappa shape index (κ2) is 4.14. The van der Waals surface area contributed by atoms with E-state index in [1.54, 1.807) is 12.3 Å². The summed E-state index contributed by atoms with van der Waals surface area (Å²) in [6, 6.07) is 5.78. The zero-order valence-corrected chi connectivity index (χ0v) is 8.64. The van der Waals surface area contributed by atoms with Crippen molar-refractivity contribution in [1.29, 1.82) is 0 Å². The molecule has 16 heavy (non-hydrogen) atoms. The van der Waals surface area contributed by atoms with Crippen molar-refractivity contribution in [3.8, 4) is 11.8 Å². The van der Waals surface area contributed by atoms with Crippen LogP contribution in [0.1, 0.15) is 5.69 Å². The van der Waals surface area contributed by atoms with Crippen molar-refractivity contribution in [2.75, 3.05) is 5.73 Å². The Morgan fingerprint density at radius 3 is 2.88 bits per heavy atom. The molecule has 0 aliphatic heterocycles. The molecule has 0 saturated heterocycles. The van der Waals surface area contributed by atoms with Gasteiger partial charge < -0.3 is 10.5 Å². The van der Waals surface area contributed by atoms with E-state index in [1.165, 1.54) is 18.2 Å². The van der Waals surface area contributed by atoms with E-state index in [9.17, 15) is 4.39 Å². The molecule has 0 fully saturated rings. The highest BCUT2D eigenvalue weighted by atomic mass is 19.1. The van der Waals surface area contributed by atoms with Gasteiger partial charge in [0.1, 0.15) is 5.82 Å². The molecular formula is C11H10FN3O. The van der Waals surface area contributed by atoms with Crippen molar-refractivity contribution in [1.82, 2.24) is 9.97 Å². The van der Waals surface area contributed by atoms with Crippen LogP contribution in [-0.2, 0) is 0 Å². The Kier molecular flexibility index (Phi) is 2.68. The van der Waals surface area contributed by atoms with Gasteiger partial charge in [-0.15, -0.1) is 0 Å². The normalized spacial score (nSPS) is 10.1. The molecule has 0 unspecified atom stereocenters. The number of halogens is 1. The highest BCUT2D eigenvalue weighted by molar-refractivity contribution is 5.53. The number of anilines is 1. The van der Waals surface area contributed by atoms with Crippen LogP contribution < -0.4 is 10.5 Å². The van der Waals surface area contributed by atoms with E-state index in [4.69, 9.17) is 10.5 Å². The molecule has 1 heterocycles. The van der Waals surface area contributed by atoms with Crippen LogP contribution in [0.5, 0.6) is 11.8 Å². The maximum absolute atomic E-state index is 13.0. The van der Waals surface area contributed by atoms with Crippen LogP contribution in [-0.4, -0.2) is 9.97 Å². The van der Waals surface area contributed by atoms with Gasteiger partial charge in [0.2, 0.25) is 0 Å². The number of nitrogens with two attached hydrogens (primary N) is 1. The first-order valence-corrected chi connectivity index (χ1v) is 4.67. The molecule has 0 amide bonds. The summed E-state index contributed by atoms with van der Waals surface area (Å²) >= 11 is 0. The highest BCUT2D eigenvalue weighted by Crippen LogP contribution is 2.25. The molecule has 5 heteroatoms. The fourth-order valence-corrected chi connectivity index (χ4v) is 1.17. The molecular weight excluding hydrogens is 209 g/mol. The van der Waals surface area contributed by atoms with Gasteiger partial charge in [-0.1, -0.05) is 0 Å². The van der Waals surface area contributed by atoms with Gasteiger partial charge in [0.05, 0.1) is 5.69 Å². The van der Waals surface area contributed by atoms with Crippen molar-refractivity contribution >= 4 is 5.69 Å². The van der Waals surface area contributed by atoms with Gasteiger partial charge in [-0.2, -0.15) is 0 Å². The highest BCUT2D eigenvalue weighted by Gasteiger charge is 2.05. The topological polar surface area (TPSA) is 61.0 Å². The lowest BCUT2D eigenvalue weighted by Crippen LogP contribution is -1.96. The fourth-order valence-electron chi connectivity index (χ4n) is 1.17. The molecule has 1 aromatic carbocycles. The van der Waals surface area contributed by atoms with Crippen LogP contribution in [0.4, 0.5) is 10.1 Å². The van der Waals surface area contributed by atoms with Crippen LogP contribution >= 0.6 is 0 Å². The van der Waals surface area contributed by atoms with Crippen LogP contribution in [0.15, 0.2) is 30.5 Å². The van der Waals surface area contributed by atoms with Crippen LogP contribution in [0.3, 0.4) is 0 Å².